The Hall–Kier alpha value is -3.73. The summed E-state index contributed by atoms with van der Waals surface area (Å²) in [5.74, 6) is 0.964. The van der Waals surface area contributed by atoms with Crippen molar-refractivity contribution in [2.75, 3.05) is 27.8 Å². The molecular weight excluding hydrogens is 418 g/mol. The van der Waals surface area contributed by atoms with E-state index in [4.69, 9.17) is 20.5 Å². The van der Waals surface area contributed by atoms with Gasteiger partial charge in [0.2, 0.25) is 12.2 Å². The molecule has 3 rings (SSSR count). The van der Waals surface area contributed by atoms with Gasteiger partial charge in [-0.3, -0.25) is 4.79 Å². The van der Waals surface area contributed by atoms with Gasteiger partial charge in [-0.15, -0.1) is 4.99 Å². The van der Waals surface area contributed by atoms with Gasteiger partial charge in [-0.05, 0) is 43.4 Å². The summed E-state index contributed by atoms with van der Waals surface area (Å²) in [7, 11) is 4.94. The largest absolute Gasteiger partial charge is 0.493 e. The van der Waals surface area contributed by atoms with Crippen molar-refractivity contribution in [2.45, 2.75) is 37.1 Å². The molecule has 8 nitrogen and oxygen atoms in total. The number of amides is 1. The van der Waals surface area contributed by atoms with Crippen molar-refractivity contribution in [2.24, 2.45) is 10.7 Å². The van der Waals surface area contributed by atoms with Crippen LogP contribution in [0.1, 0.15) is 41.6 Å². The number of hydrogen-bond acceptors (Lipinski definition) is 5. The number of carbonyl (C=O) groups excluding carboxylic acids is 1. The van der Waals surface area contributed by atoms with Crippen LogP contribution in [0.5, 0.6) is 11.5 Å². The van der Waals surface area contributed by atoms with Crippen LogP contribution in [0.25, 0.3) is 0 Å². The Morgan fingerprint density at radius 1 is 1.18 bits per heavy atom. The molecular formula is C25H31N5O3. The zero-order chi connectivity index (χ0) is 23.8. The quantitative estimate of drug-likeness (QED) is 0.382. The molecule has 0 heterocycles. The van der Waals surface area contributed by atoms with Crippen molar-refractivity contribution in [3.63, 3.8) is 0 Å². The van der Waals surface area contributed by atoms with Crippen LogP contribution in [0.4, 0.5) is 0 Å². The van der Waals surface area contributed by atoms with Gasteiger partial charge in [0.1, 0.15) is 0 Å². The summed E-state index contributed by atoms with van der Waals surface area (Å²) < 4.78 is 10.8. The minimum atomic E-state index is -0.207. The fraction of sp³-hybridized carbons (Fsp3) is 0.400. The lowest BCUT2D eigenvalue weighted by Gasteiger charge is -2.43. The SMILES string of the molecule is COc1cccc(C(=O)NC[C@]2(c3ccccc3)CC[C@H](N(C)C(N)=NC#N)CC2)c1OC. The number of carbonyl (C=O) groups is 1. The van der Waals surface area contributed by atoms with E-state index in [1.165, 1.54) is 12.7 Å². The number of hydrogen-bond donors (Lipinski definition) is 2. The van der Waals surface area contributed by atoms with Crippen molar-refractivity contribution >= 4 is 11.9 Å². The molecule has 3 N–H and O–H groups in total. The van der Waals surface area contributed by atoms with E-state index in [2.05, 4.69) is 22.4 Å². The molecule has 1 aliphatic carbocycles. The van der Waals surface area contributed by atoms with Crippen molar-refractivity contribution < 1.29 is 14.3 Å². The van der Waals surface area contributed by atoms with Gasteiger partial charge >= 0.3 is 0 Å². The van der Waals surface area contributed by atoms with Gasteiger partial charge < -0.3 is 25.4 Å². The summed E-state index contributed by atoms with van der Waals surface area (Å²) in [6, 6.07) is 15.7. The highest BCUT2D eigenvalue weighted by Crippen LogP contribution is 2.40. The Bertz CT molecular complexity index is 1020. The number of ether oxygens (including phenoxy) is 2. The first-order valence-electron chi connectivity index (χ1n) is 11.0. The minimum absolute atomic E-state index is 0.188. The Morgan fingerprint density at radius 2 is 1.88 bits per heavy atom. The van der Waals surface area contributed by atoms with Crippen LogP contribution in [0.2, 0.25) is 0 Å². The molecule has 0 aliphatic heterocycles. The molecule has 174 valence electrons. The summed E-state index contributed by atoms with van der Waals surface area (Å²) in [5, 5.41) is 11.9. The van der Waals surface area contributed by atoms with Crippen LogP contribution in [0.15, 0.2) is 53.5 Å². The molecule has 0 aromatic heterocycles. The number of benzene rings is 2. The van der Waals surface area contributed by atoms with E-state index in [0.717, 1.165) is 25.7 Å². The number of aliphatic imine (C=N–C) groups is 1. The molecule has 0 unspecified atom stereocenters. The highest BCUT2D eigenvalue weighted by Gasteiger charge is 2.38. The van der Waals surface area contributed by atoms with E-state index in [9.17, 15) is 4.79 Å². The molecule has 8 heteroatoms. The maximum atomic E-state index is 13.1. The third-order valence-corrected chi connectivity index (χ3v) is 6.61. The second kappa shape index (κ2) is 10.7. The monoisotopic (exact) mass is 449 g/mol. The minimum Gasteiger partial charge on any atom is -0.493 e. The smallest absolute Gasteiger partial charge is 0.255 e. The van der Waals surface area contributed by atoms with E-state index < -0.39 is 0 Å². The third-order valence-electron chi connectivity index (χ3n) is 6.61. The van der Waals surface area contributed by atoms with Gasteiger partial charge in [0.05, 0.1) is 19.8 Å². The highest BCUT2D eigenvalue weighted by molar-refractivity contribution is 5.97. The Balaban J connectivity index is 1.80. The number of rotatable bonds is 7. The maximum absolute atomic E-state index is 13.1. The maximum Gasteiger partial charge on any atom is 0.255 e. The van der Waals surface area contributed by atoms with Gasteiger partial charge in [-0.2, -0.15) is 5.26 Å². The molecule has 1 amide bonds. The lowest BCUT2D eigenvalue weighted by molar-refractivity contribution is 0.0927. The molecule has 0 atom stereocenters. The molecule has 0 radical (unpaired) electrons. The number of nitrogens with one attached hydrogen (secondary N) is 1. The molecule has 1 aliphatic rings. The number of nitriles is 1. The van der Waals surface area contributed by atoms with Crippen LogP contribution >= 0.6 is 0 Å². The van der Waals surface area contributed by atoms with Gasteiger partial charge in [0, 0.05) is 25.0 Å². The average molecular weight is 450 g/mol. The predicted molar refractivity (Wildman–Crippen MR) is 127 cm³/mol. The highest BCUT2D eigenvalue weighted by atomic mass is 16.5. The van der Waals surface area contributed by atoms with Gasteiger partial charge in [0.15, 0.2) is 11.5 Å². The first kappa shape index (κ1) is 23.9. The number of methoxy groups -OCH3 is 2. The summed E-state index contributed by atoms with van der Waals surface area (Å²) in [4.78, 5) is 18.7. The van der Waals surface area contributed by atoms with Crippen molar-refractivity contribution in [3.05, 3.63) is 59.7 Å². The summed E-state index contributed by atoms with van der Waals surface area (Å²) >= 11 is 0. The van der Waals surface area contributed by atoms with Gasteiger partial charge in [-0.1, -0.05) is 36.4 Å². The van der Waals surface area contributed by atoms with Crippen molar-refractivity contribution in [1.29, 1.82) is 5.26 Å². The van der Waals surface area contributed by atoms with E-state index in [0.29, 0.717) is 23.6 Å². The van der Waals surface area contributed by atoms with E-state index in [-0.39, 0.29) is 23.3 Å². The topological polar surface area (TPSA) is 113 Å². The molecule has 0 saturated heterocycles. The molecule has 2 aromatic rings. The van der Waals surface area contributed by atoms with Crippen LogP contribution < -0.4 is 20.5 Å². The lowest BCUT2D eigenvalue weighted by Crippen LogP contribution is -2.49. The predicted octanol–water partition coefficient (Wildman–Crippen LogP) is 3.04. The Labute approximate surface area is 195 Å². The molecule has 0 bridgehead atoms. The Morgan fingerprint density at radius 3 is 2.48 bits per heavy atom. The number of guanidine groups is 1. The van der Waals surface area contributed by atoms with Crippen molar-refractivity contribution in [3.8, 4) is 17.7 Å². The third kappa shape index (κ3) is 5.20. The standard InChI is InChI=1S/C25H31N5O3/c1-30(24(27)29-17-26)19-12-14-25(15-13-19,18-8-5-4-6-9-18)16-28-23(31)20-10-7-11-21(32-2)22(20)33-3/h4-11,19H,12-16H2,1-3H3,(H2,27,29)(H,28,31)/t19-,25-. The van der Waals surface area contributed by atoms with Crippen LogP contribution in [-0.4, -0.2) is 50.6 Å². The zero-order valence-corrected chi connectivity index (χ0v) is 19.4. The fourth-order valence-electron chi connectivity index (χ4n) is 4.63. The van der Waals surface area contributed by atoms with E-state index in [1.54, 1.807) is 31.5 Å². The van der Waals surface area contributed by atoms with Gasteiger partial charge in [0.25, 0.3) is 5.91 Å². The van der Waals surface area contributed by atoms with Crippen LogP contribution in [0, 0.1) is 11.5 Å². The second-order valence-electron chi connectivity index (χ2n) is 8.28. The fourth-order valence-corrected chi connectivity index (χ4v) is 4.63. The first-order chi connectivity index (χ1) is 16.0. The Kier molecular flexibility index (Phi) is 7.78. The van der Waals surface area contributed by atoms with Crippen LogP contribution in [-0.2, 0) is 5.41 Å². The lowest BCUT2D eigenvalue weighted by atomic mass is 9.68. The molecule has 0 spiro atoms. The number of para-hydroxylation sites is 1. The van der Waals surface area contributed by atoms with Crippen molar-refractivity contribution in [1.82, 2.24) is 10.2 Å². The van der Waals surface area contributed by atoms with Crippen LogP contribution in [0.3, 0.4) is 0 Å². The summed E-state index contributed by atoms with van der Waals surface area (Å²) in [5.41, 5.74) is 7.35. The molecule has 1 fully saturated rings. The number of nitrogens with zero attached hydrogens (tertiary/aromatic N) is 3. The normalized spacial score (nSPS) is 20.4. The summed E-state index contributed by atoms with van der Waals surface area (Å²) in [6.07, 6.45) is 5.21. The van der Waals surface area contributed by atoms with Gasteiger partial charge in [-0.25, -0.2) is 0 Å². The second-order valence-corrected chi connectivity index (χ2v) is 8.28. The number of nitrogens with two attached hydrogens (primary N) is 1. The molecule has 1 saturated carbocycles. The summed E-state index contributed by atoms with van der Waals surface area (Å²) in [6.45, 7) is 0.494. The average Bonchev–Trinajstić information content (AvgIpc) is 2.87. The molecule has 33 heavy (non-hydrogen) atoms. The molecule has 2 aromatic carbocycles. The van der Waals surface area contributed by atoms with E-state index >= 15 is 0 Å². The first-order valence-corrected chi connectivity index (χ1v) is 11.0. The van der Waals surface area contributed by atoms with E-state index in [1.807, 2.05) is 30.1 Å². The zero-order valence-electron chi connectivity index (χ0n) is 19.4.